The zero-order chi connectivity index (χ0) is 24.5. The van der Waals surface area contributed by atoms with Gasteiger partial charge in [-0.2, -0.15) is 17.7 Å². The highest BCUT2D eigenvalue weighted by atomic mass is 19.4. The highest BCUT2D eigenvalue weighted by Crippen LogP contribution is 2.29. The van der Waals surface area contributed by atoms with Crippen LogP contribution in [0.1, 0.15) is 24.2 Å². The second kappa shape index (κ2) is 9.23. The van der Waals surface area contributed by atoms with E-state index >= 15 is 0 Å². The molecular weight excluding hydrogens is 453 g/mol. The van der Waals surface area contributed by atoms with Crippen molar-refractivity contribution in [2.75, 3.05) is 36.9 Å². The van der Waals surface area contributed by atoms with Crippen LogP contribution in [0.25, 0.3) is 5.65 Å². The Morgan fingerprint density at radius 3 is 2.59 bits per heavy atom. The normalized spacial score (nSPS) is 14.9. The fourth-order valence-corrected chi connectivity index (χ4v) is 3.87. The molecule has 1 saturated heterocycles. The van der Waals surface area contributed by atoms with Gasteiger partial charge in [-0.3, -0.25) is 9.59 Å². The second-order valence-electron chi connectivity index (χ2n) is 8.21. The van der Waals surface area contributed by atoms with E-state index in [4.69, 9.17) is 0 Å². The number of pyridine rings is 1. The van der Waals surface area contributed by atoms with Gasteiger partial charge in [0.1, 0.15) is 11.6 Å². The van der Waals surface area contributed by atoms with Crippen molar-refractivity contribution >= 4 is 29.1 Å². The molecule has 180 valence electrons. The lowest BCUT2D eigenvalue weighted by Crippen LogP contribution is -2.43. The lowest BCUT2D eigenvalue weighted by atomic mass is 9.95. The summed E-state index contributed by atoms with van der Waals surface area (Å²) < 4.78 is 40.0. The summed E-state index contributed by atoms with van der Waals surface area (Å²) in [5.74, 6) is -1.22. The Labute approximate surface area is 192 Å². The Kier molecular flexibility index (Phi) is 6.35. The van der Waals surface area contributed by atoms with Crippen molar-refractivity contribution in [2.24, 2.45) is 5.92 Å². The van der Waals surface area contributed by atoms with Crippen LogP contribution in [0.3, 0.4) is 0 Å². The van der Waals surface area contributed by atoms with Gasteiger partial charge in [0.15, 0.2) is 5.65 Å². The van der Waals surface area contributed by atoms with E-state index in [1.807, 2.05) is 17.9 Å². The summed E-state index contributed by atoms with van der Waals surface area (Å²) in [6.07, 6.45) is -2.11. The molecule has 0 unspecified atom stereocenters. The molecule has 34 heavy (non-hydrogen) atoms. The lowest BCUT2D eigenvalue weighted by molar-refractivity contribution is -0.146. The summed E-state index contributed by atoms with van der Waals surface area (Å²) in [6.45, 7) is 2.65. The van der Waals surface area contributed by atoms with Crippen LogP contribution < -0.4 is 10.2 Å². The zero-order valence-corrected chi connectivity index (χ0v) is 18.6. The molecule has 1 fully saturated rings. The summed E-state index contributed by atoms with van der Waals surface area (Å²) >= 11 is 0. The van der Waals surface area contributed by atoms with Crippen molar-refractivity contribution in [3.63, 3.8) is 0 Å². The summed E-state index contributed by atoms with van der Waals surface area (Å²) in [6, 6.07) is 6.56. The average Bonchev–Trinajstić information content (AvgIpc) is 3.22. The van der Waals surface area contributed by atoms with E-state index in [0.29, 0.717) is 42.1 Å². The molecule has 3 aromatic rings. The topological polar surface area (TPSA) is 109 Å². The molecule has 1 aliphatic rings. The van der Waals surface area contributed by atoms with E-state index in [2.05, 4.69) is 25.6 Å². The standard InChI is InChI=1S/C21H23F3N8O2/c1-13-5-8-25-15(11-13)26-18(33)12-30(2)19(34)14-6-9-31(10-7-14)17-4-3-16-27-28-20(21(22,23)24)32(16)29-17/h3-5,8,11,14H,6-7,9-10,12H2,1-2H3,(H,25,26,33). The minimum Gasteiger partial charge on any atom is -0.355 e. The number of hydrogen-bond donors (Lipinski definition) is 1. The van der Waals surface area contributed by atoms with Crippen molar-refractivity contribution in [2.45, 2.75) is 25.9 Å². The molecule has 2 amide bonds. The second-order valence-corrected chi connectivity index (χ2v) is 8.21. The number of hydrogen-bond acceptors (Lipinski definition) is 7. The number of rotatable bonds is 5. The van der Waals surface area contributed by atoms with Gasteiger partial charge >= 0.3 is 6.18 Å². The molecule has 13 heteroatoms. The van der Waals surface area contributed by atoms with Gasteiger partial charge in [-0.15, -0.1) is 15.3 Å². The number of halogens is 3. The predicted octanol–water partition coefficient (Wildman–Crippen LogP) is 2.16. The van der Waals surface area contributed by atoms with Crippen molar-refractivity contribution in [1.29, 1.82) is 0 Å². The van der Waals surface area contributed by atoms with Crippen molar-refractivity contribution in [1.82, 2.24) is 29.7 Å². The fraction of sp³-hybridized carbons (Fsp3) is 0.429. The van der Waals surface area contributed by atoms with E-state index in [1.54, 1.807) is 25.4 Å². The monoisotopic (exact) mass is 476 g/mol. The number of carbonyl (C=O) groups is 2. The van der Waals surface area contributed by atoms with Crippen LogP contribution in [0.2, 0.25) is 0 Å². The molecule has 1 aliphatic heterocycles. The molecule has 0 aromatic carbocycles. The summed E-state index contributed by atoms with van der Waals surface area (Å²) in [5, 5.41) is 13.4. The quantitative estimate of drug-likeness (QED) is 0.601. The van der Waals surface area contributed by atoms with Gasteiger partial charge in [0.25, 0.3) is 5.82 Å². The number of alkyl halides is 3. The minimum atomic E-state index is -4.67. The lowest BCUT2D eigenvalue weighted by Gasteiger charge is -2.33. The number of nitrogens with one attached hydrogen (secondary N) is 1. The Morgan fingerprint density at radius 2 is 1.91 bits per heavy atom. The number of nitrogens with zero attached hydrogens (tertiary/aromatic N) is 7. The van der Waals surface area contributed by atoms with Gasteiger partial charge in [-0.25, -0.2) is 4.98 Å². The third-order valence-corrected chi connectivity index (χ3v) is 5.61. The zero-order valence-electron chi connectivity index (χ0n) is 18.6. The summed E-state index contributed by atoms with van der Waals surface area (Å²) in [7, 11) is 1.57. The molecule has 0 bridgehead atoms. The maximum Gasteiger partial charge on any atom is 0.453 e. The highest BCUT2D eigenvalue weighted by molar-refractivity contribution is 5.94. The molecule has 0 radical (unpaired) electrons. The number of aryl methyl sites for hydroxylation is 1. The average molecular weight is 476 g/mol. The Balaban J connectivity index is 1.34. The number of piperidine rings is 1. The van der Waals surface area contributed by atoms with Gasteiger partial charge < -0.3 is 15.1 Å². The van der Waals surface area contributed by atoms with E-state index in [9.17, 15) is 22.8 Å². The van der Waals surface area contributed by atoms with E-state index in [-0.39, 0.29) is 29.9 Å². The van der Waals surface area contributed by atoms with Gasteiger partial charge in [0.2, 0.25) is 11.8 Å². The Bertz CT molecular complexity index is 1200. The molecule has 0 aliphatic carbocycles. The van der Waals surface area contributed by atoms with Crippen LogP contribution in [-0.4, -0.2) is 68.2 Å². The van der Waals surface area contributed by atoms with Gasteiger partial charge in [-0.1, -0.05) is 0 Å². The third kappa shape index (κ3) is 5.07. The van der Waals surface area contributed by atoms with Crippen LogP contribution in [0.4, 0.5) is 24.8 Å². The smallest absolute Gasteiger partial charge is 0.355 e. The van der Waals surface area contributed by atoms with Crippen molar-refractivity contribution in [3.05, 3.63) is 41.9 Å². The molecule has 10 nitrogen and oxygen atoms in total. The molecule has 1 N–H and O–H groups in total. The maximum atomic E-state index is 13.1. The van der Waals surface area contributed by atoms with Crippen molar-refractivity contribution < 1.29 is 22.8 Å². The first-order chi connectivity index (χ1) is 16.1. The highest BCUT2D eigenvalue weighted by Gasteiger charge is 2.38. The van der Waals surface area contributed by atoms with Gasteiger partial charge in [-0.05, 0) is 49.6 Å². The SMILES string of the molecule is Cc1ccnc(NC(=O)CN(C)C(=O)C2CCN(c3ccc4nnc(C(F)(F)F)n4n3)CC2)c1. The van der Waals surface area contributed by atoms with Crippen LogP contribution in [0.5, 0.6) is 0 Å². The number of carbonyl (C=O) groups excluding carboxylic acids is 2. The van der Waals surface area contributed by atoms with Crippen molar-refractivity contribution in [3.8, 4) is 0 Å². The minimum absolute atomic E-state index is 0.00176. The van der Waals surface area contributed by atoms with E-state index in [0.717, 1.165) is 5.56 Å². The number of aromatic nitrogens is 5. The number of anilines is 2. The van der Waals surface area contributed by atoms with Gasteiger partial charge in [0.05, 0.1) is 6.54 Å². The van der Waals surface area contributed by atoms with E-state index < -0.39 is 12.0 Å². The first-order valence-corrected chi connectivity index (χ1v) is 10.6. The summed E-state index contributed by atoms with van der Waals surface area (Å²) in [4.78, 5) is 32.4. The number of fused-ring (bicyclic) bond motifs is 1. The maximum absolute atomic E-state index is 13.1. The number of likely N-dealkylation sites (N-methyl/N-ethyl adjacent to an activating group) is 1. The van der Waals surface area contributed by atoms with E-state index in [1.165, 1.54) is 11.0 Å². The molecule has 3 aromatic heterocycles. The molecule has 0 spiro atoms. The molecule has 4 heterocycles. The molecule has 0 saturated carbocycles. The molecule has 4 rings (SSSR count). The first-order valence-electron chi connectivity index (χ1n) is 10.6. The fourth-order valence-electron chi connectivity index (χ4n) is 3.87. The summed E-state index contributed by atoms with van der Waals surface area (Å²) in [5.41, 5.74) is 0.955. The van der Waals surface area contributed by atoms with Crippen LogP contribution in [-0.2, 0) is 15.8 Å². The third-order valence-electron chi connectivity index (χ3n) is 5.61. The van der Waals surface area contributed by atoms with Gasteiger partial charge in [0, 0.05) is 32.3 Å². The first kappa shape index (κ1) is 23.4. The Morgan fingerprint density at radius 1 is 1.18 bits per heavy atom. The Hall–Kier alpha value is -3.77. The largest absolute Gasteiger partial charge is 0.453 e. The predicted molar refractivity (Wildman–Crippen MR) is 116 cm³/mol. The number of amides is 2. The van der Waals surface area contributed by atoms with Crippen LogP contribution in [0, 0.1) is 12.8 Å². The van der Waals surface area contributed by atoms with Crippen LogP contribution >= 0.6 is 0 Å². The molecule has 0 atom stereocenters. The van der Waals surface area contributed by atoms with Crippen LogP contribution in [0.15, 0.2) is 30.5 Å². The molecular formula is C21H23F3N8O2.